The summed E-state index contributed by atoms with van der Waals surface area (Å²) in [4.78, 5) is 63.3. The lowest BCUT2D eigenvalue weighted by Gasteiger charge is -2.29. The minimum Gasteiger partial charge on any atom is -0.423 e. The fourth-order valence-electron chi connectivity index (χ4n) is 3.53. The van der Waals surface area contributed by atoms with Crippen LogP contribution in [0.15, 0.2) is 77.3 Å². The molecule has 182 valence electrons. The summed E-state index contributed by atoms with van der Waals surface area (Å²) < 4.78 is 6.15. The normalized spacial score (nSPS) is 13.0. The van der Waals surface area contributed by atoms with Crippen molar-refractivity contribution in [1.82, 2.24) is 10.0 Å². The SMILES string of the molecule is O=C(CN(C(=O)c1ccccc1Cl)N1C(=O)CCC1=O)c1ccc(OC(=O)c2ccc(Br)cc2)cc1. The highest BCUT2D eigenvalue weighted by molar-refractivity contribution is 9.10. The van der Waals surface area contributed by atoms with Gasteiger partial charge in [0.25, 0.3) is 5.91 Å². The summed E-state index contributed by atoms with van der Waals surface area (Å²) in [5.41, 5.74) is 0.594. The third-order valence-electron chi connectivity index (χ3n) is 5.37. The smallest absolute Gasteiger partial charge is 0.343 e. The summed E-state index contributed by atoms with van der Waals surface area (Å²) in [5, 5.41) is 1.65. The largest absolute Gasteiger partial charge is 0.423 e. The Balaban J connectivity index is 1.52. The number of rotatable bonds is 7. The maximum Gasteiger partial charge on any atom is 0.343 e. The Morgan fingerprint density at radius 2 is 1.44 bits per heavy atom. The standard InChI is InChI=1S/C26H18BrClN2O6/c27-18-9-5-17(6-10-18)26(35)36-19-11-7-16(8-12-19)22(31)15-29(30-23(32)13-14-24(30)33)25(34)20-3-1-2-4-21(20)28/h1-12H,13-15H2. The molecule has 1 saturated heterocycles. The third-order valence-corrected chi connectivity index (χ3v) is 6.22. The van der Waals surface area contributed by atoms with Crippen LogP contribution in [-0.2, 0) is 9.59 Å². The molecule has 0 saturated carbocycles. The lowest BCUT2D eigenvalue weighted by atomic mass is 10.1. The Kier molecular flexibility index (Phi) is 7.61. The Morgan fingerprint density at radius 1 is 0.861 bits per heavy atom. The first kappa shape index (κ1) is 25.3. The number of carbonyl (C=O) groups is 5. The third kappa shape index (κ3) is 5.53. The Bertz CT molecular complexity index is 1340. The molecule has 0 radical (unpaired) electrons. The fraction of sp³-hybridized carbons (Fsp3) is 0.115. The molecule has 36 heavy (non-hydrogen) atoms. The van der Waals surface area contributed by atoms with Crippen molar-refractivity contribution >= 4 is 57.0 Å². The average molecular weight is 570 g/mol. The van der Waals surface area contributed by atoms with Gasteiger partial charge in [-0.3, -0.25) is 19.2 Å². The molecule has 0 unspecified atom stereocenters. The van der Waals surface area contributed by atoms with Crippen molar-refractivity contribution in [1.29, 1.82) is 0 Å². The summed E-state index contributed by atoms with van der Waals surface area (Å²) in [6, 6.07) is 18.5. The number of amides is 3. The second-order valence-electron chi connectivity index (χ2n) is 7.79. The number of hydrogen-bond acceptors (Lipinski definition) is 6. The number of esters is 1. The zero-order valence-electron chi connectivity index (χ0n) is 18.6. The molecule has 1 aliphatic heterocycles. The number of ether oxygens (including phenoxy) is 1. The molecule has 0 bridgehead atoms. The molecule has 3 aromatic carbocycles. The van der Waals surface area contributed by atoms with E-state index in [2.05, 4.69) is 15.9 Å². The first-order valence-corrected chi connectivity index (χ1v) is 11.9. The van der Waals surface area contributed by atoms with E-state index in [4.69, 9.17) is 16.3 Å². The highest BCUT2D eigenvalue weighted by Crippen LogP contribution is 2.23. The van der Waals surface area contributed by atoms with Gasteiger partial charge in [-0.2, -0.15) is 5.01 Å². The molecule has 0 aromatic heterocycles. The number of nitrogens with zero attached hydrogens (tertiary/aromatic N) is 2. The summed E-state index contributed by atoms with van der Waals surface area (Å²) in [6.07, 6.45) is -0.116. The van der Waals surface area contributed by atoms with Crippen LogP contribution in [0.25, 0.3) is 0 Å². The van der Waals surface area contributed by atoms with E-state index in [1.54, 1.807) is 36.4 Å². The van der Waals surface area contributed by atoms with Crippen LogP contribution >= 0.6 is 27.5 Å². The van der Waals surface area contributed by atoms with Gasteiger partial charge >= 0.3 is 5.97 Å². The van der Waals surface area contributed by atoms with E-state index in [1.807, 2.05) is 0 Å². The molecular weight excluding hydrogens is 552 g/mol. The Hall–Kier alpha value is -3.82. The van der Waals surface area contributed by atoms with Crippen LogP contribution in [-0.4, -0.2) is 46.0 Å². The van der Waals surface area contributed by atoms with Crippen LogP contribution in [0.4, 0.5) is 0 Å². The Morgan fingerprint density at radius 3 is 2.06 bits per heavy atom. The average Bonchev–Trinajstić information content (AvgIpc) is 3.20. The van der Waals surface area contributed by atoms with Crippen LogP contribution in [0.5, 0.6) is 5.75 Å². The van der Waals surface area contributed by atoms with Crippen molar-refractivity contribution in [3.8, 4) is 5.75 Å². The number of hydrogen-bond donors (Lipinski definition) is 0. The maximum atomic E-state index is 13.2. The number of hydrazine groups is 1. The first-order chi connectivity index (χ1) is 17.2. The van der Waals surface area contributed by atoms with E-state index in [1.165, 1.54) is 36.4 Å². The number of carbonyl (C=O) groups excluding carboxylic acids is 5. The van der Waals surface area contributed by atoms with Crippen LogP contribution in [0.1, 0.15) is 43.9 Å². The fourth-order valence-corrected chi connectivity index (χ4v) is 4.01. The maximum absolute atomic E-state index is 13.2. The van der Waals surface area contributed by atoms with E-state index in [0.717, 1.165) is 9.48 Å². The van der Waals surface area contributed by atoms with E-state index in [9.17, 15) is 24.0 Å². The van der Waals surface area contributed by atoms with Crippen molar-refractivity contribution in [2.45, 2.75) is 12.8 Å². The van der Waals surface area contributed by atoms with Gasteiger partial charge in [-0.25, -0.2) is 9.80 Å². The molecule has 3 aromatic rings. The minimum absolute atomic E-state index is 0.0506. The Labute approximate surface area is 219 Å². The molecule has 0 atom stereocenters. The predicted octanol–water partition coefficient (Wildman–Crippen LogP) is 4.71. The van der Waals surface area contributed by atoms with Crippen molar-refractivity contribution < 1.29 is 28.7 Å². The van der Waals surface area contributed by atoms with Crippen LogP contribution in [0.2, 0.25) is 5.02 Å². The van der Waals surface area contributed by atoms with Gasteiger partial charge in [0, 0.05) is 22.9 Å². The number of halogens is 2. The highest BCUT2D eigenvalue weighted by atomic mass is 79.9. The monoisotopic (exact) mass is 568 g/mol. The zero-order valence-corrected chi connectivity index (χ0v) is 21.0. The summed E-state index contributed by atoms with van der Waals surface area (Å²) in [5.74, 6) is -2.80. The summed E-state index contributed by atoms with van der Waals surface area (Å²) in [7, 11) is 0. The lowest BCUT2D eigenvalue weighted by Crippen LogP contribution is -2.51. The van der Waals surface area contributed by atoms with Gasteiger partial charge in [0.1, 0.15) is 12.3 Å². The summed E-state index contributed by atoms with van der Waals surface area (Å²) >= 11 is 9.44. The van der Waals surface area contributed by atoms with Crippen molar-refractivity contribution in [2.24, 2.45) is 0 Å². The zero-order chi connectivity index (χ0) is 25.8. The van der Waals surface area contributed by atoms with Crippen LogP contribution < -0.4 is 4.74 Å². The van der Waals surface area contributed by atoms with E-state index in [-0.39, 0.29) is 34.7 Å². The van der Waals surface area contributed by atoms with Gasteiger partial charge in [-0.05, 0) is 60.7 Å². The topological polar surface area (TPSA) is 101 Å². The molecule has 1 aliphatic rings. The predicted molar refractivity (Wildman–Crippen MR) is 133 cm³/mol. The molecule has 1 fully saturated rings. The van der Waals surface area contributed by atoms with Gasteiger partial charge in [0.15, 0.2) is 5.78 Å². The molecule has 0 N–H and O–H groups in total. The summed E-state index contributed by atoms with van der Waals surface area (Å²) in [6.45, 7) is -0.570. The molecule has 3 amide bonds. The second-order valence-corrected chi connectivity index (χ2v) is 9.11. The highest BCUT2D eigenvalue weighted by Gasteiger charge is 2.38. The van der Waals surface area contributed by atoms with Gasteiger partial charge in [0.2, 0.25) is 11.8 Å². The molecule has 1 heterocycles. The van der Waals surface area contributed by atoms with Crippen molar-refractivity contribution in [3.63, 3.8) is 0 Å². The number of Topliss-reactive ketones (excluding diaryl/α,β-unsaturated/α-hetero) is 1. The van der Waals surface area contributed by atoms with Crippen molar-refractivity contribution in [2.75, 3.05) is 6.54 Å². The van der Waals surface area contributed by atoms with E-state index in [0.29, 0.717) is 10.6 Å². The number of ketones is 1. The quantitative estimate of drug-likeness (QED) is 0.177. The van der Waals surface area contributed by atoms with Crippen molar-refractivity contribution in [3.05, 3.63) is 99.0 Å². The molecule has 4 rings (SSSR count). The molecule has 0 aliphatic carbocycles. The number of benzene rings is 3. The molecule has 10 heteroatoms. The van der Waals surface area contributed by atoms with Gasteiger partial charge in [-0.15, -0.1) is 0 Å². The van der Waals surface area contributed by atoms with E-state index < -0.39 is 36.0 Å². The lowest BCUT2D eigenvalue weighted by molar-refractivity contribution is -0.152. The van der Waals surface area contributed by atoms with Gasteiger partial charge in [-0.1, -0.05) is 39.7 Å². The second kappa shape index (κ2) is 10.8. The van der Waals surface area contributed by atoms with Gasteiger partial charge < -0.3 is 4.74 Å². The first-order valence-electron chi connectivity index (χ1n) is 10.8. The minimum atomic E-state index is -0.752. The van der Waals surface area contributed by atoms with Crippen LogP contribution in [0.3, 0.4) is 0 Å². The molecule has 8 nitrogen and oxygen atoms in total. The molecule has 0 spiro atoms. The van der Waals surface area contributed by atoms with Gasteiger partial charge in [0.05, 0.1) is 16.1 Å². The number of imide groups is 1. The van der Waals surface area contributed by atoms with E-state index >= 15 is 0 Å². The molecular formula is C26H18BrClN2O6. The van der Waals surface area contributed by atoms with Crippen LogP contribution in [0, 0.1) is 0 Å².